The number of carbonyl (C=O) groups excluding carboxylic acids is 2. The number of benzene rings is 2. The van der Waals surface area contributed by atoms with Crippen LogP contribution in [-0.2, 0) is 16.1 Å². The summed E-state index contributed by atoms with van der Waals surface area (Å²) >= 11 is 0. The van der Waals surface area contributed by atoms with E-state index < -0.39 is 29.8 Å². The third-order valence-corrected chi connectivity index (χ3v) is 3.91. The summed E-state index contributed by atoms with van der Waals surface area (Å²) < 4.78 is 10.5. The highest BCUT2D eigenvalue weighted by molar-refractivity contribution is 5.87. The first-order chi connectivity index (χ1) is 14.1. The van der Waals surface area contributed by atoms with Crippen LogP contribution in [0.3, 0.4) is 0 Å². The molecule has 2 rings (SSSR count). The zero-order valence-corrected chi connectivity index (χ0v) is 17.2. The molecule has 0 aliphatic rings. The maximum Gasteiger partial charge on any atom is 0.408 e. The Morgan fingerprint density at radius 1 is 0.967 bits per heavy atom. The van der Waals surface area contributed by atoms with Gasteiger partial charge >= 0.3 is 18.2 Å². The number of carbonyl (C=O) groups is 3. The van der Waals surface area contributed by atoms with E-state index in [0.717, 1.165) is 5.56 Å². The monoisotopic (exact) mass is 414 g/mol. The normalized spacial score (nSPS) is 11.8. The van der Waals surface area contributed by atoms with Crippen molar-refractivity contribution in [3.63, 3.8) is 0 Å². The number of amides is 2. The number of carboxylic acids is 1. The molecule has 0 unspecified atom stereocenters. The van der Waals surface area contributed by atoms with Gasteiger partial charge in [0.2, 0.25) is 0 Å². The Morgan fingerprint density at radius 3 is 2.17 bits per heavy atom. The maximum absolute atomic E-state index is 12.3. The first kappa shape index (κ1) is 22.7. The Labute approximate surface area is 175 Å². The summed E-state index contributed by atoms with van der Waals surface area (Å²) in [6, 6.07) is 14.6. The largest absolute Gasteiger partial charge is 0.478 e. The van der Waals surface area contributed by atoms with Gasteiger partial charge in [-0.3, -0.25) is 0 Å². The zero-order valence-electron chi connectivity index (χ0n) is 17.2. The predicted octanol–water partition coefficient (Wildman–Crippen LogP) is 3.88. The first-order valence-corrected chi connectivity index (χ1v) is 9.41. The smallest absolute Gasteiger partial charge is 0.408 e. The highest BCUT2D eigenvalue weighted by atomic mass is 16.6. The van der Waals surface area contributed by atoms with Gasteiger partial charge in [-0.2, -0.15) is 0 Å². The fraction of sp³-hybridized carbons (Fsp3) is 0.318. The number of hydrogen-bond donors (Lipinski definition) is 3. The van der Waals surface area contributed by atoms with Crippen LogP contribution < -0.4 is 10.6 Å². The van der Waals surface area contributed by atoms with Crippen molar-refractivity contribution in [1.82, 2.24) is 10.6 Å². The molecule has 0 bridgehead atoms. The molecule has 1 atom stereocenters. The quantitative estimate of drug-likeness (QED) is 0.634. The Balaban J connectivity index is 2.04. The van der Waals surface area contributed by atoms with E-state index in [4.69, 9.17) is 14.6 Å². The molecule has 0 spiro atoms. The molecule has 2 aromatic carbocycles. The van der Waals surface area contributed by atoms with E-state index in [2.05, 4.69) is 10.6 Å². The Kier molecular flexibility index (Phi) is 7.80. The van der Waals surface area contributed by atoms with Gasteiger partial charge in [-0.15, -0.1) is 0 Å². The van der Waals surface area contributed by atoms with Gasteiger partial charge in [0.1, 0.15) is 12.2 Å². The van der Waals surface area contributed by atoms with E-state index in [9.17, 15) is 14.4 Å². The Bertz CT molecular complexity index is 859. The number of hydrogen-bond acceptors (Lipinski definition) is 5. The third-order valence-electron chi connectivity index (χ3n) is 3.91. The van der Waals surface area contributed by atoms with E-state index in [-0.39, 0.29) is 18.7 Å². The fourth-order valence-corrected chi connectivity index (χ4v) is 2.52. The standard InChI is InChI=1S/C22H26N2O6/c1-22(2,3)30-20(27)23-13-18(16-9-11-17(12-10-16)19(25)26)24-21(28)29-14-15-7-5-4-6-8-15/h4-12,18H,13-14H2,1-3H3,(H,23,27)(H,24,28)(H,25,26)/t18-/m0/s1. The van der Waals surface area contributed by atoms with Crippen LogP contribution in [-0.4, -0.2) is 35.4 Å². The van der Waals surface area contributed by atoms with Crippen molar-refractivity contribution < 1.29 is 29.0 Å². The number of alkyl carbamates (subject to hydrolysis) is 2. The van der Waals surface area contributed by atoms with E-state index >= 15 is 0 Å². The van der Waals surface area contributed by atoms with Gasteiger partial charge in [0, 0.05) is 6.54 Å². The van der Waals surface area contributed by atoms with Crippen LogP contribution in [0.4, 0.5) is 9.59 Å². The lowest BCUT2D eigenvalue weighted by atomic mass is 10.0. The van der Waals surface area contributed by atoms with Crippen molar-refractivity contribution in [2.24, 2.45) is 0 Å². The van der Waals surface area contributed by atoms with Gasteiger partial charge in [0.25, 0.3) is 0 Å². The summed E-state index contributed by atoms with van der Waals surface area (Å²) in [5, 5.41) is 14.4. The second kappa shape index (κ2) is 10.3. The molecule has 0 saturated carbocycles. The van der Waals surface area contributed by atoms with Crippen molar-refractivity contribution in [1.29, 1.82) is 0 Å². The molecular weight excluding hydrogens is 388 g/mol. The molecule has 3 N–H and O–H groups in total. The minimum Gasteiger partial charge on any atom is -0.478 e. The minimum absolute atomic E-state index is 0.0295. The van der Waals surface area contributed by atoms with Crippen molar-refractivity contribution >= 4 is 18.2 Å². The average molecular weight is 414 g/mol. The van der Waals surface area contributed by atoms with Crippen LogP contribution in [0, 0.1) is 0 Å². The van der Waals surface area contributed by atoms with E-state index in [1.54, 1.807) is 32.9 Å². The third kappa shape index (κ3) is 7.83. The van der Waals surface area contributed by atoms with Crippen molar-refractivity contribution in [3.8, 4) is 0 Å². The maximum atomic E-state index is 12.3. The molecule has 0 aliphatic carbocycles. The number of aromatic carboxylic acids is 1. The van der Waals surface area contributed by atoms with Crippen LogP contribution in [0.5, 0.6) is 0 Å². The second-order valence-corrected chi connectivity index (χ2v) is 7.57. The molecule has 30 heavy (non-hydrogen) atoms. The lowest BCUT2D eigenvalue weighted by molar-refractivity contribution is 0.0520. The summed E-state index contributed by atoms with van der Waals surface area (Å²) in [5.41, 5.74) is 0.893. The summed E-state index contributed by atoms with van der Waals surface area (Å²) in [6.45, 7) is 5.36. The van der Waals surface area contributed by atoms with Crippen molar-refractivity contribution in [2.75, 3.05) is 6.54 Å². The molecule has 8 nitrogen and oxygen atoms in total. The van der Waals surface area contributed by atoms with Crippen LogP contribution in [0.25, 0.3) is 0 Å². The molecule has 0 aromatic heterocycles. The van der Waals surface area contributed by atoms with E-state index in [0.29, 0.717) is 5.56 Å². The first-order valence-electron chi connectivity index (χ1n) is 9.41. The van der Waals surface area contributed by atoms with E-state index in [1.807, 2.05) is 30.3 Å². The molecule has 2 amide bonds. The molecule has 2 aromatic rings. The second-order valence-electron chi connectivity index (χ2n) is 7.57. The topological polar surface area (TPSA) is 114 Å². The van der Waals surface area contributed by atoms with Gasteiger partial charge in [0.05, 0.1) is 11.6 Å². The molecule has 0 aliphatic heterocycles. The van der Waals surface area contributed by atoms with Crippen LogP contribution in [0.15, 0.2) is 54.6 Å². The lowest BCUT2D eigenvalue weighted by Crippen LogP contribution is -2.40. The highest BCUT2D eigenvalue weighted by Gasteiger charge is 2.20. The lowest BCUT2D eigenvalue weighted by Gasteiger charge is -2.23. The number of nitrogens with one attached hydrogen (secondary N) is 2. The molecule has 0 heterocycles. The molecule has 0 radical (unpaired) electrons. The SMILES string of the molecule is CC(C)(C)OC(=O)NC[C@H](NC(=O)OCc1ccccc1)c1ccc(C(=O)O)cc1. The fourth-order valence-electron chi connectivity index (χ4n) is 2.52. The molecular formula is C22H26N2O6. The number of ether oxygens (including phenoxy) is 2. The number of rotatable bonds is 7. The summed E-state index contributed by atoms with van der Waals surface area (Å²) in [6.07, 6.45) is -1.30. The average Bonchev–Trinajstić information content (AvgIpc) is 2.69. The van der Waals surface area contributed by atoms with Crippen molar-refractivity contribution in [2.45, 2.75) is 39.0 Å². The predicted molar refractivity (Wildman–Crippen MR) is 110 cm³/mol. The minimum atomic E-state index is -1.06. The van der Waals surface area contributed by atoms with Gasteiger partial charge in [0.15, 0.2) is 0 Å². The Hall–Kier alpha value is -3.55. The van der Waals surface area contributed by atoms with Gasteiger partial charge in [-0.1, -0.05) is 42.5 Å². The summed E-state index contributed by atoms with van der Waals surface area (Å²) in [5.74, 6) is -1.06. The summed E-state index contributed by atoms with van der Waals surface area (Å²) in [4.78, 5) is 35.3. The van der Waals surface area contributed by atoms with Crippen LogP contribution in [0.2, 0.25) is 0 Å². The Morgan fingerprint density at radius 2 is 1.60 bits per heavy atom. The summed E-state index contributed by atoms with van der Waals surface area (Å²) in [7, 11) is 0. The van der Waals surface area contributed by atoms with E-state index in [1.165, 1.54) is 12.1 Å². The molecule has 160 valence electrons. The molecule has 0 fully saturated rings. The van der Waals surface area contributed by atoms with Gasteiger partial charge in [-0.05, 0) is 44.0 Å². The molecule has 8 heteroatoms. The molecule has 0 saturated heterocycles. The van der Waals surface area contributed by atoms with Crippen LogP contribution in [0.1, 0.15) is 48.3 Å². The highest BCUT2D eigenvalue weighted by Crippen LogP contribution is 2.15. The number of carboxylic acid groups (broad SMARTS) is 1. The van der Waals surface area contributed by atoms with Gasteiger partial charge < -0.3 is 25.2 Å². The van der Waals surface area contributed by atoms with Crippen LogP contribution >= 0.6 is 0 Å². The van der Waals surface area contributed by atoms with Crippen molar-refractivity contribution in [3.05, 3.63) is 71.3 Å². The zero-order chi connectivity index (χ0) is 22.1. The van der Waals surface area contributed by atoms with Gasteiger partial charge in [-0.25, -0.2) is 14.4 Å².